The van der Waals surface area contributed by atoms with Gasteiger partial charge in [-0.25, -0.2) is 0 Å². The maximum Gasteiger partial charge on any atom is 0.264 e. The van der Waals surface area contributed by atoms with Gasteiger partial charge in [-0.15, -0.1) is 0 Å². The highest BCUT2D eigenvalue weighted by Gasteiger charge is 2.16. The van der Waals surface area contributed by atoms with Crippen molar-refractivity contribution in [1.82, 2.24) is 0 Å². The van der Waals surface area contributed by atoms with Crippen LogP contribution in [0.2, 0.25) is 0 Å². The van der Waals surface area contributed by atoms with Crippen molar-refractivity contribution in [3.8, 4) is 0 Å². The number of rotatable bonds is 4. The molecule has 1 fully saturated rings. The summed E-state index contributed by atoms with van der Waals surface area (Å²) >= 11 is 0. The smallest absolute Gasteiger partial charge is 0.264 e. The van der Waals surface area contributed by atoms with E-state index in [0.717, 1.165) is 0 Å². The molecule has 72 valence electrons. The molecule has 1 heterocycles. The van der Waals surface area contributed by atoms with Crippen LogP contribution in [0.4, 0.5) is 0 Å². The molecule has 1 N–H and O–H groups in total. The molecule has 0 atom stereocenters. The minimum Gasteiger partial charge on any atom is -0.350 e. The van der Waals surface area contributed by atoms with E-state index in [1.165, 1.54) is 0 Å². The van der Waals surface area contributed by atoms with Crippen LogP contribution in [0.3, 0.4) is 0 Å². The van der Waals surface area contributed by atoms with E-state index >= 15 is 0 Å². The van der Waals surface area contributed by atoms with Crippen molar-refractivity contribution in [2.24, 2.45) is 0 Å². The van der Waals surface area contributed by atoms with Crippen LogP contribution in [0.15, 0.2) is 0 Å². The van der Waals surface area contributed by atoms with Gasteiger partial charge >= 0.3 is 0 Å². The molecular weight excluding hydrogens is 184 g/mol. The Balaban J connectivity index is 2.09. The van der Waals surface area contributed by atoms with E-state index in [-0.39, 0.29) is 12.0 Å². The lowest BCUT2D eigenvalue weighted by atomic mass is 10.3. The lowest BCUT2D eigenvalue weighted by Gasteiger charge is -2.06. The van der Waals surface area contributed by atoms with Gasteiger partial charge in [0.05, 0.1) is 19.0 Å². The van der Waals surface area contributed by atoms with Crippen molar-refractivity contribution >= 4 is 10.1 Å². The van der Waals surface area contributed by atoms with Crippen LogP contribution in [-0.2, 0) is 19.6 Å². The molecule has 1 saturated heterocycles. The molecule has 0 radical (unpaired) electrons. The van der Waals surface area contributed by atoms with Crippen LogP contribution in [0, 0.1) is 0 Å². The molecule has 1 rings (SSSR count). The van der Waals surface area contributed by atoms with Gasteiger partial charge < -0.3 is 9.47 Å². The Morgan fingerprint density at radius 1 is 1.33 bits per heavy atom. The third kappa shape index (κ3) is 4.01. The van der Waals surface area contributed by atoms with Crippen LogP contribution in [0.25, 0.3) is 0 Å². The Morgan fingerprint density at radius 2 is 1.92 bits per heavy atom. The van der Waals surface area contributed by atoms with Gasteiger partial charge in [-0.1, -0.05) is 0 Å². The second-order valence-electron chi connectivity index (χ2n) is 2.60. The zero-order valence-corrected chi connectivity index (χ0v) is 7.42. The van der Waals surface area contributed by atoms with Crippen LogP contribution < -0.4 is 0 Å². The molecule has 0 aromatic heterocycles. The maximum absolute atomic E-state index is 10.3. The monoisotopic (exact) mass is 196 g/mol. The maximum atomic E-state index is 10.3. The summed E-state index contributed by atoms with van der Waals surface area (Å²) in [5.41, 5.74) is 0. The largest absolute Gasteiger partial charge is 0.350 e. The molecule has 0 aromatic rings. The molecule has 12 heavy (non-hydrogen) atoms. The molecule has 0 amide bonds. The van der Waals surface area contributed by atoms with Gasteiger partial charge in [0.15, 0.2) is 6.29 Å². The number of hydrogen-bond acceptors (Lipinski definition) is 4. The first kappa shape index (κ1) is 9.91. The average Bonchev–Trinajstić information content (AvgIpc) is 2.36. The van der Waals surface area contributed by atoms with Crippen molar-refractivity contribution in [2.45, 2.75) is 19.1 Å². The van der Waals surface area contributed by atoms with Crippen molar-refractivity contribution in [1.29, 1.82) is 0 Å². The van der Waals surface area contributed by atoms with Crippen molar-refractivity contribution in [3.63, 3.8) is 0 Å². The minimum atomic E-state index is -3.83. The highest BCUT2D eigenvalue weighted by atomic mass is 32.2. The first-order chi connectivity index (χ1) is 5.58. The summed E-state index contributed by atoms with van der Waals surface area (Å²) in [6.07, 6.45) is 0.593. The second-order valence-corrected chi connectivity index (χ2v) is 4.17. The van der Waals surface area contributed by atoms with Crippen LogP contribution in [0.1, 0.15) is 12.8 Å². The molecule has 5 nitrogen and oxygen atoms in total. The predicted octanol–water partition coefficient (Wildman–Crippen LogP) is 0.0273. The van der Waals surface area contributed by atoms with Crippen LogP contribution in [-0.4, -0.2) is 38.2 Å². The molecule has 0 spiro atoms. The van der Waals surface area contributed by atoms with Gasteiger partial charge in [0.1, 0.15) is 0 Å². The minimum absolute atomic E-state index is 0.226. The summed E-state index contributed by atoms with van der Waals surface area (Å²) in [4.78, 5) is 0. The van der Waals surface area contributed by atoms with E-state index in [9.17, 15) is 8.42 Å². The van der Waals surface area contributed by atoms with Gasteiger partial charge in [0.25, 0.3) is 10.1 Å². The summed E-state index contributed by atoms with van der Waals surface area (Å²) < 4.78 is 39.1. The molecule has 0 saturated carbocycles. The summed E-state index contributed by atoms with van der Waals surface area (Å²) in [5, 5.41) is 0. The van der Waals surface area contributed by atoms with Crippen molar-refractivity contribution in [2.75, 3.05) is 19.0 Å². The summed E-state index contributed by atoms with van der Waals surface area (Å²) in [7, 11) is -3.83. The van der Waals surface area contributed by atoms with Gasteiger partial charge in [-0.2, -0.15) is 8.42 Å². The molecule has 6 heteroatoms. The van der Waals surface area contributed by atoms with E-state index < -0.39 is 10.1 Å². The third-order valence-corrected chi connectivity index (χ3v) is 2.34. The Kier molecular flexibility index (Phi) is 3.45. The predicted molar refractivity (Wildman–Crippen MR) is 41.3 cm³/mol. The SMILES string of the molecule is O=S(=O)(O)CCCC1OCCO1. The van der Waals surface area contributed by atoms with E-state index in [0.29, 0.717) is 26.1 Å². The Hall–Kier alpha value is -0.170. The lowest BCUT2D eigenvalue weighted by molar-refractivity contribution is -0.0467. The summed E-state index contributed by atoms with van der Waals surface area (Å²) in [6, 6.07) is 0. The van der Waals surface area contributed by atoms with Crippen molar-refractivity contribution in [3.05, 3.63) is 0 Å². The fourth-order valence-corrected chi connectivity index (χ4v) is 1.54. The zero-order valence-electron chi connectivity index (χ0n) is 6.60. The summed E-state index contributed by atoms with van der Waals surface area (Å²) in [6.45, 7) is 1.13. The Morgan fingerprint density at radius 3 is 2.42 bits per heavy atom. The van der Waals surface area contributed by atoms with E-state index in [4.69, 9.17) is 14.0 Å². The first-order valence-electron chi connectivity index (χ1n) is 3.76. The van der Waals surface area contributed by atoms with Gasteiger partial charge in [-0.3, -0.25) is 4.55 Å². The Labute approximate surface area is 71.4 Å². The molecule has 0 aromatic carbocycles. The molecule has 0 aliphatic carbocycles. The lowest BCUT2D eigenvalue weighted by Crippen LogP contribution is -2.11. The van der Waals surface area contributed by atoms with Gasteiger partial charge in [-0.05, 0) is 12.8 Å². The van der Waals surface area contributed by atoms with E-state index in [1.807, 2.05) is 0 Å². The van der Waals surface area contributed by atoms with Crippen LogP contribution in [0.5, 0.6) is 0 Å². The second kappa shape index (κ2) is 4.18. The molecule has 0 bridgehead atoms. The molecular formula is C6H12O5S. The third-order valence-electron chi connectivity index (χ3n) is 1.53. The van der Waals surface area contributed by atoms with Crippen molar-refractivity contribution < 1.29 is 22.4 Å². The van der Waals surface area contributed by atoms with Gasteiger partial charge in [0, 0.05) is 0 Å². The summed E-state index contributed by atoms with van der Waals surface area (Å²) in [5.74, 6) is -0.226. The molecule has 1 aliphatic rings. The molecule has 0 unspecified atom stereocenters. The highest BCUT2D eigenvalue weighted by Crippen LogP contribution is 2.10. The number of ether oxygens (including phenoxy) is 2. The van der Waals surface area contributed by atoms with E-state index in [1.54, 1.807) is 0 Å². The van der Waals surface area contributed by atoms with Crippen LogP contribution >= 0.6 is 0 Å². The average molecular weight is 196 g/mol. The van der Waals surface area contributed by atoms with Gasteiger partial charge in [0.2, 0.25) is 0 Å². The highest BCUT2D eigenvalue weighted by molar-refractivity contribution is 7.85. The zero-order chi connectivity index (χ0) is 9.03. The fourth-order valence-electron chi connectivity index (χ4n) is 1.01. The standard InChI is InChI=1S/C6H12O5S/c7-12(8,9)5-1-2-6-10-3-4-11-6/h6H,1-5H2,(H,7,8,9). The quantitative estimate of drug-likeness (QED) is 0.642. The fraction of sp³-hybridized carbons (Fsp3) is 1.00. The first-order valence-corrected chi connectivity index (χ1v) is 5.37. The topological polar surface area (TPSA) is 72.8 Å². The Bertz CT molecular complexity index is 216. The normalized spacial score (nSPS) is 20.1. The number of hydrogen-bond donors (Lipinski definition) is 1. The van der Waals surface area contributed by atoms with E-state index in [2.05, 4.69) is 0 Å². The molecule has 1 aliphatic heterocycles.